The number of hydrogen-bond donors (Lipinski definition) is 0. The van der Waals surface area contributed by atoms with Gasteiger partial charge in [0.15, 0.2) is 0 Å². The van der Waals surface area contributed by atoms with E-state index in [4.69, 9.17) is 22.3 Å². The Morgan fingerprint density at radius 2 is 1.00 bits per heavy atom. The third kappa shape index (κ3) is 5.03. The minimum Gasteiger partial charge on any atom is -0.439 e. The highest BCUT2D eigenvalue weighted by Gasteiger charge is 2.23. The van der Waals surface area contributed by atoms with E-state index >= 15 is 0 Å². The van der Waals surface area contributed by atoms with Gasteiger partial charge in [-0.05, 0) is 47.5 Å². The van der Waals surface area contributed by atoms with Gasteiger partial charge >= 0.3 is 0 Å². The summed E-state index contributed by atoms with van der Waals surface area (Å²) in [5.41, 5.74) is 3.16. The molecule has 0 aliphatic heterocycles. The smallest absolute Gasteiger partial charge is 0.220 e. The van der Waals surface area contributed by atoms with Crippen LogP contribution in [0.2, 0.25) is 0 Å². The summed E-state index contributed by atoms with van der Waals surface area (Å²) >= 11 is 0. The summed E-state index contributed by atoms with van der Waals surface area (Å²) in [6.07, 6.45) is 10.8. The molecule has 0 radical (unpaired) electrons. The quantitative estimate of drug-likeness (QED) is 0.334. The second-order valence-corrected chi connectivity index (χ2v) is 7.89. The van der Waals surface area contributed by atoms with Gasteiger partial charge in [-0.2, -0.15) is 0 Å². The Morgan fingerprint density at radius 3 is 1.36 bits per heavy atom. The van der Waals surface area contributed by atoms with Gasteiger partial charge in [0.2, 0.25) is 11.8 Å². The van der Waals surface area contributed by atoms with Crippen molar-refractivity contribution >= 4 is 0 Å². The van der Waals surface area contributed by atoms with E-state index in [-0.39, 0.29) is 5.41 Å². The third-order valence-corrected chi connectivity index (χ3v) is 5.34. The van der Waals surface area contributed by atoms with Crippen LogP contribution in [0.3, 0.4) is 0 Å². The molecule has 0 saturated carbocycles. The van der Waals surface area contributed by atoms with Crippen molar-refractivity contribution in [2.24, 2.45) is 0 Å². The van der Waals surface area contributed by atoms with Crippen molar-refractivity contribution in [3.63, 3.8) is 0 Å². The van der Waals surface area contributed by atoms with Crippen LogP contribution in [0.25, 0.3) is 0 Å². The Morgan fingerprint density at radius 1 is 0.606 bits per heavy atom. The van der Waals surface area contributed by atoms with Gasteiger partial charge in [-0.3, -0.25) is 0 Å². The molecular formula is C29H22N2O2. The van der Waals surface area contributed by atoms with E-state index in [0.717, 1.165) is 11.1 Å². The predicted octanol–water partition coefficient (Wildman–Crippen LogP) is 6.35. The predicted molar refractivity (Wildman–Crippen MR) is 130 cm³/mol. The van der Waals surface area contributed by atoms with Crippen LogP contribution in [0, 0.1) is 24.7 Å². The number of aromatic nitrogens is 2. The molecule has 0 saturated heterocycles. The van der Waals surface area contributed by atoms with Crippen LogP contribution in [0.5, 0.6) is 23.3 Å². The Kier molecular flexibility index (Phi) is 6.11. The monoisotopic (exact) mass is 430 g/mol. The largest absolute Gasteiger partial charge is 0.439 e. The van der Waals surface area contributed by atoms with Crippen LogP contribution in [0.15, 0.2) is 84.9 Å². The highest BCUT2D eigenvalue weighted by atomic mass is 16.5. The molecule has 0 aliphatic rings. The zero-order valence-electron chi connectivity index (χ0n) is 18.4. The van der Waals surface area contributed by atoms with Crippen LogP contribution in [-0.4, -0.2) is 9.97 Å². The van der Waals surface area contributed by atoms with E-state index in [1.165, 1.54) is 0 Å². The van der Waals surface area contributed by atoms with Crippen molar-refractivity contribution < 1.29 is 9.47 Å². The zero-order chi connectivity index (χ0) is 23.3. The van der Waals surface area contributed by atoms with Gasteiger partial charge in [0.1, 0.15) is 22.9 Å². The third-order valence-electron chi connectivity index (χ3n) is 5.34. The summed E-state index contributed by atoms with van der Waals surface area (Å²) in [5, 5.41) is 0. The van der Waals surface area contributed by atoms with E-state index in [2.05, 4.69) is 59.9 Å². The average Bonchev–Trinajstić information content (AvgIpc) is 2.85. The van der Waals surface area contributed by atoms with Gasteiger partial charge in [0.05, 0.1) is 0 Å². The van der Waals surface area contributed by atoms with Crippen molar-refractivity contribution in [3.05, 3.63) is 107 Å². The first-order valence-electron chi connectivity index (χ1n) is 10.4. The Balaban J connectivity index is 1.48. The summed E-state index contributed by atoms with van der Waals surface area (Å²) < 4.78 is 11.7. The fraction of sp³-hybridized carbons (Fsp3) is 0.103. The van der Waals surface area contributed by atoms with Crippen molar-refractivity contribution in [1.29, 1.82) is 0 Å². The van der Waals surface area contributed by atoms with E-state index in [1.807, 2.05) is 36.4 Å². The molecule has 0 bridgehead atoms. The van der Waals surface area contributed by atoms with E-state index in [0.29, 0.717) is 34.6 Å². The van der Waals surface area contributed by atoms with E-state index in [9.17, 15) is 0 Å². The number of benzene rings is 2. The number of ether oxygens (including phenoxy) is 2. The Labute approximate surface area is 194 Å². The van der Waals surface area contributed by atoms with Crippen LogP contribution >= 0.6 is 0 Å². The summed E-state index contributed by atoms with van der Waals surface area (Å²) in [4.78, 5) is 8.54. The van der Waals surface area contributed by atoms with Crippen molar-refractivity contribution in [3.8, 4) is 47.9 Å². The first kappa shape index (κ1) is 21.7. The molecule has 2 aromatic heterocycles. The number of terminal acetylenes is 2. The highest BCUT2D eigenvalue weighted by molar-refractivity contribution is 5.43. The van der Waals surface area contributed by atoms with Crippen LogP contribution in [0.1, 0.15) is 36.4 Å². The van der Waals surface area contributed by atoms with Gasteiger partial charge < -0.3 is 9.47 Å². The summed E-state index contributed by atoms with van der Waals surface area (Å²) in [6, 6.07) is 26.7. The van der Waals surface area contributed by atoms with Gasteiger partial charge in [0, 0.05) is 17.5 Å². The fourth-order valence-electron chi connectivity index (χ4n) is 3.39. The molecule has 2 aromatic carbocycles. The van der Waals surface area contributed by atoms with Crippen molar-refractivity contribution in [2.75, 3.05) is 0 Å². The highest BCUT2D eigenvalue weighted by Crippen LogP contribution is 2.34. The molecule has 0 spiro atoms. The molecule has 0 atom stereocenters. The molecule has 4 rings (SSSR count). The minimum atomic E-state index is -0.222. The molecule has 2 heterocycles. The summed E-state index contributed by atoms with van der Waals surface area (Å²) in [6.45, 7) is 4.35. The van der Waals surface area contributed by atoms with E-state index < -0.39 is 0 Å². The molecule has 0 aliphatic carbocycles. The van der Waals surface area contributed by atoms with Gasteiger partial charge in [-0.15, -0.1) is 12.8 Å². The second-order valence-electron chi connectivity index (χ2n) is 7.89. The van der Waals surface area contributed by atoms with E-state index in [1.54, 1.807) is 24.3 Å². The topological polar surface area (TPSA) is 44.2 Å². The average molecular weight is 431 g/mol. The van der Waals surface area contributed by atoms with Crippen LogP contribution < -0.4 is 9.47 Å². The SMILES string of the molecule is C#Cc1cccc(Oc2ccc(C(C)(C)c3ccc(Oc4cccc(C#C)n4)cc3)cc2)n1. The molecular weight excluding hydrogens is 408 g/mol. The van der Waals surface area contributed by atoms with Crippen LogP contribution in [-0.2, 0) is 5.41 Å². The lowest BCUT2D eigenvalue weighted by Crippen LogP contribution is -2.18. The normalized spacial score (nSPS) is 10.7. The lowest BCUT2D eigenvalue weighted by molar-refractivity contribution is 0.461. The molecule has 0 fully saturated rings. The van der Waals surface area contributed by atoms with Crippen molar-refractivity contribution in [1.82, 2.24) is 9.97 Å². The molecule has 0 N–H and O–H groups in total. The van der Waals surface area contributed by atoms with Gasteiger partial charge in [-0.1, -0.05) is 62.1 Å². The number of rotatable bonds is 6. The maximum atomic E-state index is 5.84. The molecule has 0 unspecified atom stereocenters. The zero-order valence-corrected chi connectivity index (χ0v) is 18.4. The molecule has 4 heteroatoms. The van der Waals surface area contributed by atoms with Gasteiger partial charge in [0.25, 0.3) is 0 Å². The standard InChI is InChI=1S/C29H22N2O2/c1-5-23-9-7-11-27(30-23)32-25-17-13-21(14-18-25)29(3,4)22-15-19-26(20-16-22)33-28-12-8-10-24(6-2)31-28/h1-2,7-20H,3-4H3. The number of pyridine rings is 2. The first-order valence-corrected chi connectivity index (χ1v) is 10.4. The Hall–Kier alpha value is -4.54. The van der Waals surface area contributed by atoms with Gasteiger partial charge in [-0.25, -0.2) is 9.97 Å². The minimum absolute atomic E-state index is 0.222. The van der Waals surface area contributed by atoms with Crippen LogP contribution in [0.4, 0.5) is 0 Å². The second kappa shape index (κ2) is 9.30. The number of hydrogen-bond acceptors (Lipinski definition) is 4. The lowest BCUT2D eigenvalue weighted by atomic mass is 9.78. The fourth-order valence-corrected chi connectivity index (χ4v) is 3.39. The van der Waals surface area contributed by atoms with Crippen molar-refractivity contribution in [2.45, 2.75) is 19.3 Å². The molecule has 160 valence electrons. The molecule has 33 heavy (non-hydrogen) atoms. The Bertz CT molecular complexity index is 1240. The summed E-state index contributed by atoms with van der Waals surface area (Å²) in [7, 11) is 0. The molecule has 4 nitrogen and oxygen atoms in total. The number of nitrogens with zero attached hydrogens (tertiary/aromatic N) is 2. The first-order chi connectivity index (χ1) is 16.0. The molecule has 0 amide bonds. The summed E-state index contributed by atoms with van der Waals surface area (Å²) in [5.74, 6) is 7.35. The maximum absolute atomic E-state index is 5.84. The maximum Gasteiger partial charge on any atom is 0.220 e. The molecule has 4 aromatic rings. The lowest BCUT2D eigenvalue weighted by Gasteiger charge is -2.26.